The third kappa shape index (κ3) is 5.46. The summed E-state index contributed by atoms with van der Waals surface area (Å²) in [7, 11) is 0. The maximum atomic E-state index is 10.9. The van der Waals surface area contributed by atoms with Gasteiger partial charge in [-0.05, 0) is 20.8 Å². The van der Waals surface area contributed by atoms with Gasteiger partial charge in [0.2, 0.25) is 0 Å². The zero-order valence-electron chi connectivity index (χ0n) is 7.51. The Morgan fingerprint density at radius 2 is 2.00 bits per heavy atom. The van der Waals surface area contributed by atoms with Crippen LogP contribution in [-0.2, 0) is 9.53 Å². The lowest BCUT2D eigenvalue weighted by Gasteiger charge is -2.19. The monoisotopic (exact) mass is 171 g/mol. The molecule has 0 aliphatic rings. The molecule has 0 fully saturated rings. The molecule has 0 bridgehead atoms. The van der Waals surface area contributed by atoms with E-state index in [1.165, 1.54) is 0 Å². The number of aldehydes is 1. The van der Waals surface area contributed by atoms with E-state index in [9.17, 15) is 9.59 Å². The summed E-state index contributed by atoms with van der Waals surface area (Å²) in [6.45, 7) is 8.46. The van der Waals surface area contributed by atoms with E-state index in [0.29, 0.717) is 6.29 Å². The number of rotatable bonds is 2. The number of alkyl carbamates (subject to hydrolysis) is 1. The zero-order chi connectivity index (χ0) is 9.78. The third-order valence-corrected chi connectivity index (χ3v) is 0.804. The minimum absolute atomic E-state index is 0.00995. The van der Waals surface area contributed by atoms with Gasteiger partial charge in [-0.2, -0.15) is 0 Å². The maximum absolute atomic E-state index is 10.9. The molecule has 0 aromatic carbocycles. The summed E-state index contributed by atoms with van der Waals surface area (Å²) >= 11 is 0. The summed E-state index contributed by atoms with van der Waals surface area (Å²) in [6.07, 6.45) is -0.219. The number of amides is 1. The van der Waals surface area contributed by atoms with Crippen molar-refractivity contribution in [3.8, 4) is 0 Å². The fourth-order valence-electron chi connectivity index (χ4n) is 0.464. The molecule has 0 radical (unpaired) electrons. The van der Waals surface area contributed by atoms with E-state index in [-0.39, 0.29) is 5.70 Å². The summed E-state index contributed by atoms with van der Waals surface area (Å²) in [4.78, 5) is 20.9. The Hall–Kier alpha value is -1.32. The lowest BCUT2D eigenvalue weighted by Crippen LogP contribution is -2.32. The normalized spacial score (nSPS) is 10.2. The number of carbonyl (C=O) groups is 2. The second kappa shape index (κ2) is 3.90. The molecule has 0 aliphatic heterocycles. The summed E-state index contributed by atoms with van der Waals surface area (Å²) < 4.78 is 4.84. The van der Waals surface area contributed by atoms with E-state index in [2.05, 4.69) is 11.9 Å². The van der Waals surface area contributed by atoms with Gasteiger partial charge in [-0.3, -0.25) is 10.1 Å². The van der Waals surface area contributed by atoms with E-state index in [4.69, 9.17) is 4.74 Å². The van der Waals surface area contributed by atoms with Crippen LogP contribution in [0.4, 0.5) is 4.79 Å². The van der Waals surface area contributed by atoms with E-state index >= 15 is 0 Å². The molecule has 4 heteroatoms. The van der Waals surface area contributed by atoms with Crippen LogP contribution in [-0.4, -0.2) is 18.0 Å². The lowest BCUT2D eigenvalue weighted by atomic mass is 10.2. The van der Waals surface area contributed by atoms with Crippen LogP contribution in [0.1, 0.15) is 20.8 Å². The van der Waals surface area contributed by atoms with Gasteiger partial charge >= 0.3 is 6.09 Å². The lowest BCUT2D eigenvalue weighted by molar-refractivity contribution is -0.105. The van der Waals surface area contributed by atoms with Crippen LogP contribution >= 0.6 is 0 Å². The van der Waals surface area contributed by atoms with Crippen molar-refractivity contribution in [2.45, 2.75) is 26.4 Å². The number of ether oxygens (including phenoxy) is 1. The number of nitrogens with one attached hydrogen (secondary N) is 1. The predicted octanol–water partition coefficient (Wildman–Crippen LogP) is 1.22. The van der Waals surface area contributed by atoms with Crippen LogP contribution in [0.15, 0.2) is 12.3 Å². The first-order valence-electron chi connectivity index (χ1n) is 3.49. The molecule has 0 aromatic rings. The Morgan fingerprint density at radius 1 is 1.50 bits per heavy atom. The SMILES string of the molecule is C=C(C=O)NC(=O)OC(C)(C)C. The highest BCUT2D eigenvalue weighted by molar-refractivity contribution is 5.81. The number of hydrogen-bond acceptors (Lipinski definition) is 3. The molecular weight excluding hydrogens is 158 g/mol. The van der Waals surface area contributed by atoms with E-state index < -0.39 is 11.7 Å². The van der Waals surface area contributed by atoms with Crippen molar-refractivity contribution in [2.24, 2.45) is 0 Å². The molecule has 0 rings (SSSR count). The van der Waals surface area contributed by atoms with Crippen molar-refractivity contribution in [1.29, 1.82) is 0 Å². The first-order chi connectivity index (χ1) is 5.35. The Labute approximate surface area is 71.6 Å². The quantitative estimate of drug-likeness (QED) is 0.502. The molecule has 12 heavy (non-hydrogen) atoms. The van der Waals surface area contributed by atoms with E-state index in [1.807, 2.05) is 0 Å². The fourth-order valence-corrected chi connectivity index (χ4v) is 0.464. The molecule has 0 heterocycles. The van der Waals surface area contributed by atoms with Crippen LogP contribution in [0.3, 0.4) is 0 Å². The predicted molar refractivity (Wildman–Crippen MR) is 44.6 cm³/mol. The fraction of sp³-hybridized carbons (Fsp3) is 0.500. The molecule has 1 N–H and O–H groups in total. The van der Waals surface area contributed by atoms with Gasteiger partial charge in [0.05, 0.1) is 5.70 Å². The minimum atomic E-state index is -0.667. The highest BCUT2D eigenvalue weighted by atomic mass is 16.6. The van der Waals surface area contributed by atoms with Crippen molar-refractivity contribution in [3.05, 3.63) is 12.3 Å². The number of carbonyl (C=O) groups excluding carboxylic acids is 2. The van der Waals surface area contributed by atoms with Gasteiger partial charge in [0.25, 0.3) is 0 Å². The van der Waals surface area contributed by atoms with Crippen molar-refractivity contribution in [2.75, 3.05) is 0 Å². The second-order valence-electron chi connectivity index (χ2n) is 3.27. The molecule has 0 saturated carbocycles. The molecule has 0 spiro atoms. The third-order valence-electron chi connectivity index (χ3n) is 0.804. The minimum Gasteiger partial charge on any atom is -0.444 e. The molecule has 68 valence electrons. The van der Waals surface area contributed by atoms with Crippen molar-refractivity contribution in [3.63, 3.8) is 0 Å². The van der Waals surface area contributed by atoms with Gasteiger partial charge in [0.15, 0.2) is 6.29 Å². The number of allylic oxidation sites excluding steroid dienone is 1. The zero-order valence-corrected chi connectivity index (χ0v) is 7.51. The Bertz CT molecular complexity index is 203. The standard InChI is InChI=1S/C8H13NO3/c1-6(5-10)9-7(11)12-8(2,3)4/h5H,1H2,2-4H3,(H,9,11). The van der Waals surface area contributed by atoms with Crippen LogP contribution in [0.5, 0.6) is 0 Å². The van der Waals surface area contributed by atoms with Crippen LogP contribution in [0, 0.1) is 0 Å². The first kappa shape index (κ1) is 10.7. The molecule has 1 amide bonds. The summed E-state index contributed by atoms with van der Waals surface area (Å²) in [6, 6.07) is 0. The topological polar surface area (TPSA) is 55.4 Å². The van der Waals surface area contributed by atoms with Gasteiger partial charge in [-0.15, -0.1) is 0 Å². The van der Waals surface area contributed by atoms with E-state index in [0.717, 1.165) is 0 Å². The summed E-state index contributed by atoms with van der Waals surface area (Å²) in [5.74, 6) is 0. The highest BCUT2D eigenvalue weighted by Gasteiger charge is 2.15. The van der Waals surface area contributed by atoms with Crippen molar-refractivity contribution in [1.82, 2.24) is 5.32 Å². The van der Waals surface area contributed by atoms with Gasteiger partial charge < -0.3 is 4.74 Å². The summed E-state index contributed by atoms with van der Waals surface area (Å²) in [5.41, 5.74) is -0.572. The Kier molecular flexibility index (Phi) is 3.47. The summed E-state index contributed by atoms with van der Waals surface area (Å²) in [5, 5.41) is 2.16. The largest absolute Gasteiger partial charge is 0.444 e. The number of hydrogen-bond donors (Lipinski definition) is 1. The van der Waals surface area contributed by atoms with Crippen LogP contribution < -0.4 is 5.32 Å². The van der Waals surface area contributed by atoms with Crippen molar-refractivity contribution < 1.29 is 14.3 Å². The molecule has 0 aliphatic carbocycles. The molecule has 0 saturated heterocycles. The average Bonchev–Trinajstić information content (AvgIpc) is 1.82. The molecule has 0 unspecified atom stereocenters. The van der Waals surface area contributed by atoms with Crippen LogP contribution in [0.2, 0.25) is 0 Å². The Balaban J connectivity index is 3.91. The first-order valence-corrected chi connectivity index (χ1v) is 3.49. The second-order valence-corrected chi connectivity index (χ2v) is 3.27. The van der Waals surface area contributed by atoms with Gasteiger partial charge in [-0.1, -0.05) is 6.58 Å². The average molecular weight is 171 g/mol. The van der Waals surface area contributed by atoms with Crippen molar-refractivity contribution >= 4 is 12.4 Å². The molecule has 4 nitrogen and oxygen atoms in total. The van der Waals surface area contributed by atoms with Gasteiger partial charge in [0, 0.05) is 0 Å². The smallest absolute Gasteiger partial charge is 0.412 e. The van der Waals surface area contributed by atoms with Gasteiger partial charge in [-0.25, -0.2) is 4.79 Å². The highest BCUT2D eigenvalue weighted by Crippen LogP contribution is 2.06. The molecular formula is C8H13NO3. The van der Waals surface area contributed by atoms with Gasteiger partial charge in [0.1, 0.15) is 5.60 Å². The van der Waals surface area contributed by atoms with E-state index in [1.54, 1.807) is 20.8 Å². The molecule has 0 aromatic heterocycles. The Morgan fingerprint density at radius 3 is 2.33 bits per heavy atom. The van der Waals surface area contributed by atoms with Crippen LogP contribution in [0.25, 0.3) is 0 Å². The molecule has 0 atom stereocenters. The maximum Gasteiger partial charge on any atom is 0.412 e.